The molecule has 1 aliphatic heterocycles. The number of nitro benzene ring substituents is 1. The summed E-state index contributed by atoms with van der Waals surface area (Å²) in [6.07, 6.45) is 3.13. The van der Waals surface area contributed by atoms with Crippen LogP contribution in [-0.2, 0) is 9.53 Å². The predicted octanol–water partition coefficient (Wildman–Crippen LogP) is 2.94. The Morgan fingerprint density at radius 1 is 1.23 bits per heavy atom. The minimum Gasteiger partial charge on any atom is -0.487 e. The molecule has 0 aromatic heterocycles. The average Bonchev–Trinajstić information content (AvgIpc) is 2.90. The standard InChI is InChI=1S/C18H24N2O6/c1-3-25-16-9-8-14(12-15(16)20(23)24)18(22)26-13(2)17(21)19-10-6-4-5-7-11-19/h8-9,12-13H,3-7,10-11H2,1-2H3/t13-/m1/s1. The van der Waals surface area contributed by atoms with E-state index in [-0.39, 0.29) is 29.5 Å². The van der Waals surface area contributed by atoms with Gasteiger partial charge in [0.1, 0.15) is 0 Å². The van der Waals surface area contributed by atoms with Crippen LogP contribution in [0.25, 0.3) is 0 Å². The van der Waals surface area contributed by atoms with Gasteiger partial charge in [-0.3, -0.25) is 14.9 Å². The lowest BCUT2D eigenvalue weighted by Crippen LogP contribution is -2.40. The van der Waals surface area contributed by atoms with Crippen molar-refractivity contribution in [3.63, 3.8) is 0 Å². The summed E-state index contributed by atoms with van der Waals surface area (Å²) in [7, 11) is 0. The highest BCUT2D eigenvalue weighted by Crippen LogP contribution is 2.28. The summed E-state index contributed by atoms with van der Waals surface area (Å²) in [5.74, 6) is -0.921. The number of likely N-dealkylation sites (tertiary alicyclic amines) is 1. The van der Waals surface area contributed by atoms with Crippen LogP contribution in [0.1, 0.15) is 49.9 Å². The molecule has 1 aliphatic rings. The average molecular weight is 364 g/mol. The molecule has 1 fully saturated rings. The molecule has 1 saturated heterocycles. The van der Waals surface area contributed by atoms with Crippen LogP contribution in [-0.4, -0.2) is 47.5 Å². The summed E-state index contributed by atoms with van der Waals surface area (Å²) < 4.78 is 10.4. The lowest BCUT2D eigenvalue weighted by molar-refractivity contribution is -0.385. The van der Waals surface area contributed by atoms with Gasteiger partial charge < -0.3 is 14.4 Å². The Labute approximate surface area is 152 Å². The smallest absolute Gasteiger partial charge is 0.339 e. The van der Waals surface area contributed by atoms with Crippen LogP contribution in [0, 0.1) is 10.1 Å². The van der Waals surface area contributed by atoms with Gasteiger partial charge in [0.05, 0.1) is 17.1 Å². The van der Waals surface area contributed by atoms with E-state index in [1.165, 1.54) is 19.1 Å². The number of nitro groups is 1. The van der Waals surface area contributed by atoms with Crippen molar-refractivity contribution in [3.8, 4) is 5.75 Å². The number of benzene rings is 1. The highest BCUT2D eigenvalue weighted by atomic mass is 16.6. The van der Waals surface area contributed by atoms with Gasteiger partial charge in [-0.25, -0.2) is 4.79 Å². The Balaban J connectivity index is 2.07. The SMILES string of the molecule is CCOc1ccc(C(=O)O[C@H](C)C(=O)N2CCCCCC2)cc1[N+](=O)[O-]. The first-order chi connectivity index (χ1) is 12.4. The minimum atomic E-state index is -0.939. The third-order valence-corrected chi connectivity index (χ3v) is 4.24. The first kappa shape index (κ1) is 19.7. The van der Waals surface area contributed by atoms with Crippen LogP contribution in [0.5, 0.6) is 5.75 Å². The number of carbonyl (C=O) groups excluding carboxylic acids is 2. The summed E-state index contributed by atoms with van der Waals surface area (Å²) in [5.41, 5.74) is -0.302. The van der Waals surface area contributed by atoms with Crippen molar-refractivity contribution in [2.24, 2.45) is 0 Å². The summed E-state index contributed by atoms with van der Waals surface area (Å²) in [6, 6.07) is 3.86. The number of hydrogen-bond donors (Lipinski definition) is 0. The molecule has 0 N–H and O–H groups in total. The first-order valence-electron chi connectivity index (χ1n) is 8.85. The summed E-state index contributed by atoms with van der Waals surface area (Å²) in [4.78, 5) is 37.0. The second kappa shape index (κ2) is 9.17. The number of nitrogens with zero attached hydrogens (tertiary/aromatic N) is 2. The maximum absolute atomic E-state index is 12.5. The van der Waals surface area contributed by atoms with Gasteiger partial charge in [-0.05, 0) is 38.8 Å². The summed E-state index contributed by atoms with van der Waals surface area (Å²) in [6.45, 7) is 4.83. The van der Waals surface area contributed by atoms with Crippen LogP contribution in [0.2, 0.25) is 0 Å². The molecule has 0 saturated carbocycles. The van der Waals surface area contributed by atoms with E-state index in [4.69, 9.17) is 9.47 Å². The third-order valence-electron chi connectivity index (χ3n) is 4.24. The molecule has 1 amide bonds. The second-order valence-electron chi connectivity index (χ2n) is 6.16. The van der Waals surface area contributed by atoms with Gasteiger partial charge in [0.15, 0.2) is 11.9 Å². The molecule has 0 spiro atoms. The molecule has 0 radical (unpaired) electrons. The van der Waals surface area contributed by atoms with E-state index in [0.29, 0.717) is 13.1 Å². The van der Waals surface area contributed by atoms with Crippen molar-refractivity contribution in [3.05, 3.63) is 33.9 Å². The zero-order chi connectivity index (χ0) is 19.1. The number of rotatable bonds is 6. The third kappa shape index (κ3) is 4.93. The molecule has 2 rings (SSSR count). The second-order valence-corrected chi connectivity index (χ2v) is 6.16. The Morgan fingerprint density at radius 2 is 1.88 bits per heavy atom. The fourth-order valence-corrected chi connectivity index (χ4v) is 2.89. The van der Waals surface area contributed by atoms with Gasteiger partial charge in [-0.1, -0.05) is 12.8 Å². The van der Waals surface area contributed by atoms with Gasteiger partial charge in [0.2, 0.25) is 0 Å². The monoisotopic (exact) mass is 364 g/mol. The zero-order valence-electron chi connectivity index (χ0n) is 15.1. The normalized spacial score (nSPS) is 15.7. The highest BCUT2D eigenvalue weighted by Gasteiger charge is 2.26. The Kier molecular flexibility index (Phi) is 6.94. The highest BCUT2D eigenvalue weighted by molar-refractivity contribution is 5.93. The molecular weight excluding hydrogens is 340 g/mol. The number of ether oxygens (including phenoxy) is 2. The summed E-state index contributed by atoms with van der Waals surface area (Å²) in [5, 5.41) is 11.2. The molecule has 1 aromatic rings. The maximum Gasteiger partial charge on any atom is 0.339 e. The Hall–Kier alpha value is -2.64. The fourth-order valence-electron chi connectivity index (χ4n) is 2.89. The quantitative estimate of drug-likeness (QED) is 0.437. The maximum atomic E-state index is 12.5. The Bertz CT molecular complexity index is 668. The predicted molar refractivity (Wildman–Crippen MR) is 94.2 cm³/mol. The number of carbonyl (C=O) groups is 2. The molecule has 8 nitrogen and oxygen atoms in total. The molecule has 0 bridgehead atoms. The van der Waals surface area contributed by atoms with Gasteiger partial charge in [0.25, 0.3) is 5.91 Å². The fraction of sp³-hybridized carbons (Fsp3) is 0.556. The van der Waals surface area contributed by atoms with Gasteiger partial charge >= 0.3 is 11.7 Å². The first-order valence-corrected chi connectivity index (χ1v) is 8.85. The minimum absolute atomic E-state index is 0.00988. The van der Waals surface area contributed by atoms with Crippen LogP contribution in [0.3, 0.4) is 0 Å². The molecule has 26 heavy (non-hydrogen) atoms. The van der Waals surface area contributed by atoms with E-state index >= 15 is 0 Å². The lowest BCUT2D eigenvalue weighted by atomic mass is 10.2. The lowest BCUT2D eigenvalue weighted by Gasteiger charge is -2.24. The molecule has 8 heteroatoms. The van der Waals surface area contributed by atoms with E-state index in [0.717, 1.165) is 31.7 Å². The van der Waals surface area contributed by atoms with Crippen molar-refractivity contribution in [1.29, 1.82) is 0 Å². The molecule has 142 valence electrons. The molecule has 1 heterocycles. The number of hydrogen-bond acceptors (Lipinski definition) is 6. The van der Waals surface area contributed by atoms with Gasteiger partial charge in [-0.2, -0.15) is 0 Å². The van der Waals surface area contributed by atoms with E-state index in [1.54, 1.807) is 11.8 Å². The van der Waals surface area contributed by atoms with Crippen LogP contribution in [0.4, 0.5) is 5.69 Å². The topological polar surface area (TPSA) is 99.0 Å². The van der Waals surface area contributed by atoms with Crippen LogP contribution < -0.4 is 4.74 Å². The largest absolute Gasteiger partial charge is 0.487 e. The van der Waals surface area contributed by atoms with Crippen molar-refractivity contribution in [2.75, 3.05) is 19.7 Å². The van der Waals surface area contributed by atoms with Crippen molar-refractivity contribution < 1.29 is 24.0 Å². The molecule has 1 aromatic carbocycles. The van der Waals surface area contributed by atoms with Crippen molar-refractivity contribution in [2.45, 2.75) is 45.6 Å². The van der Waals surface area contributed by atoms with E-state index < -0.39 is 17.0 Å². The summed E-state index contributed by atoms with van der Waals surface area (Å²) >= 11 is 0. The number of amides is 1. The Morgan fingerprint density at radius 3 is 2.46 bits per heavy atom. The van der Waals surface area contributed by atoms with Crippen LogP contribution >= 0.6 is 0 Å². The van der Waals surface area contributed by atoms with E-state index in [2.05, 4.69) is 0 Å². The van der Waals surface area contributed by atoms with Gasteiger partial charge in [0, 0.05) is 19.2 Å². The molecular formula is C18H24N2O6. The van der Waals surface area contributed by atoms with E-state index in [1.807, 2.05) is 0 Å². The molecule has 1 atom stereocenters. The molecule has 0 unspecified atom stereocenters. The van der Waals surface area contributed by atoms with Crippen LogP contribution in [0.15, 0.2) is 18.2 Å². The molecule has 0 aliphatic carbocycles. The van der Waals surface area contributed by atoms with Gasteiger partial charge in [-0.15, -0.1) is 0 Å². The zero-order valence-corrected chi connectivity index (χ0v) is 15.1. The van der Waals surface area contributed by atoms with E-state index in [9.17, 15) is 19.7 Å². The number of esters is 1. The van der Waals surface area contributed by atoms with Crippen molar-refractivity contribution in [1.82, 2.24) is 4.90 Å². The van der Waals surface area contributed by atoms with Crippen molar-refractivity contribution >= 4 is 17.6 Å².